The van der Waals surface area contributed by atoms with E-state index in [1.54, 1.807) is 19.2 Å². The molecule has 9 heteroatoms. The van der Waals surface area contributed by atoms with Crippen LogP contribution in [0.3, 0.4) is 0 Å². The maximum absolute atomic E-state index is 12.2. The summed E-state index contributed by atoms with van der Waals surface area (Å²) in [5, 5.41) is 1.08. The van der Waals surface area contributed by atoms with Gasteiger partial charge in [0.15, 0.2) is 0 Å². The van der Waals surface area contributed by atoms with Crippen molar-refractivity contribution in [2.45, 2.75) is 19.9 Å². The van der Waals surface area contributed by atoms with Crippen molar-refractivity contribution < 1.29 is 13.2 Å². The number of hydrogen-bond acceptors (Lipinski definition) is 5. The average molecular weight is 468 g/mol. The number of anilines is 2. The highest BCUT2D eigenvalue weighted by molar-refractivity contribution is 7.93. The van der Waals surface area contributed by atoms with Crippen molar-refractivity contribution in [3.8, 4) is 5.75 Å². The van der Waals surface area contributed by atoms with Crippen LogP contribution in [-0.4, -0.2) is 39.4 Å². The lowest BCUT2D eigenvalue weighted by Gasteiger charge is -2.25. The first-order valence-electron chi connectivity index (χ1n) is 9.61. The molecule has 30 heavy (non-hydrogen) atoms. The van der Waals surface area contributed by atoms with Crippen LogP contribution < -0.4 is 13.9 Å². The highest BCUT2D eigenvalue weighted by Crippen LogP contribution is 2.37. The highest BCUT2D eigenvalue weighted by Gasteiger charge is 2.30. The third-order valence-electron chi connectivity index (χ3n) is 5.38. The molecule has 2 heterocycles. The van der Waals surface area contributed by atoms with E-state index in [0.717, 1.165) is 16.9 Å². The molecule has 1 fully saturated rings. The van der Waals surface area contributed by atoms with Crippen LogP contribution >= 0.6 is 23.2 Å². The Morgan fingerprint density at radius 3 is 2.57 bits per heavy atom. The summed E-state index contributed by atoms with van der Waals surface area (Å²) >= 11 is 12.2. The predicted octanol–water partition coefficient (Wildman–Crippen LogP) is 4.68. The van der Waals surface area contributed by atoms with Gasteiger partial charge in [-0.05, 0) is 43.2 Å². The molecule has 0 radical (unpaired) electrons. The summed E-state index contributed by atoms with van der Waals surface area (Å²) in [7, 11) is -1.63. The molecular weight excluding hydrogens is 445 g/mol. The Kier molecular flexibility index (Phi) is 5.79. The van der Waals surface area contributed by atoms with Gasteiger partial charge < -0.3 is 14.5 Å². The lowest BCUT2D eigenvalue weighted by atomic mass is 10.2. The maximum Gasteiger partial charge on any atom is 0.235 e. The van der Waals surface area contributed by atoms with E-state index >= 15 is 0 Å². The molecule has 0 spiro atoms. The largest absolute Gasteiger partial charge is 0.494 e. The van der Waals surface area contributed by atoms with Gasteiger partial charge >= 0.3 is 0 Å². The van der Waals surface area contributed by atoms with Crippen molar-refractivity contribution in [2.75, 3.05) is 35.3 Å². The SMILES string of the molecule is COc1cc(N2CCCS2(=O)=O)ccc1N1C=C(C)N(Cc2ccc(Cl)c(Cl)c2)C1. The van der Waals surface area contributed by atoms with Crippen molar-refractivity contribution in [2.24, 2.45) is 0 Å². The molecular formula is C21H23Cl2N3O3S. The Hall–Kier alpha value is -2.09. The summed E-state index contributed by atoms with van der Waals surface area (Å²) in [4.78, 5) is 4.31. The Morgan fingerprint density at radius 2 is 1.90 bits per heavy atom. The fourth-order valence-electron chi connectivity index (χ4n) is 3.81. The molecule has 6 nitrogen and oxygen atoms in total. The van der Waals surface area contributed by atoms with Crippen molar-refractivity contribution in [1.29, 1.82) is 0 Å². The molecule has 0 aromatic heterocycles. The molecule has 0 bridgehead atoms. The van der Waals surface area contributed by atoms with E-state index in [0.29, 0.717) is 47.7 Å². The highest BCUT2D eigenvalue weighted by atomic mass is 35.5. The smallest absolute Gasteiger partial charge is 0.235 e. The molecule has 2 aromatic rings. The minimum atomic E-state index is -3.23. The summed E-state index contributed by atoms with van der Waals surface area (Å²) in [6.07, 6.45) is 2.70. The number of hydrogen-bond donors (Lipinski definition) is 0. The second kappa shape index (κ2) is 8.21. The molecule has 2 aliphatic heterocycles. The number of methoxy groups -OCH3 is 1. The summed E-state index contributed by atoms with van der Waals surface area (Å²) in [6.45, 7) is 3.89. The zero-order chi connectivity index (χ0) is 21.5. The summed E-state index contributed by atoms with van der Waals surface area (Å²) in [6, 6.07) is 11.2. The molecule has 2 aliphatic rings. The molecule has 160 valence electrons. The van der Waals surface area contributed by atoms with Gasteiger partial charge in [-0.2, -0.15) is 0 Å². The fourth-order valence-corrected chi connectivity index (χ4v) is 5.69. The van der Waals surface area contributed by atoms with Crippen LogP contribution in [0.1, 0.15) is 18.9 Å². The molecule has 0 saturated carbocycles. The van der Waals surface area contributed by atoms with Gasteiger partial charge in [0, 0.05) is 31.1 Å². The number of halogens is 2. The van der Waals surface area contributed by atoms with Gasteiger partial charge in [0.1, 0.15) is 5.75 Å². The monoisotopic (exact) mass is 467 g/mol. The summed E-state index contributed by atoms with van der Waals surface area (Å²) in [5.74, 6) is 0.824. The molecule has 0 atom stereocenters. The van der Waals surface area contributed by atoms with Crippen molar-refractivity contribution in [3.05, 3.63) is 63.9 Å². The van der Waals surface area contributed by atoms with Gasteiger partial charge in [0.05, 0.1) is 41.0 Å². The topological polar surface area (TPSA) is 53.1 Å². The van der Waals surface area contributed by atoms with E-state index in [1.807, 2.05) is 24.3 Å². The molecule has 4 rings (SSSR count). The van der Waals surface area contributed by atoms with Gasteiger partial charge in [-0.15, -0.1) is 0 Å². The van der Waals surface area contributed by atoms with E-state index in [9.17, 15) is 8.42 Å². The molecule has 1 saturated heterocycles. The second-order valence-corrected chi connectivity index (χ2v) is 10.3. The van der Waals surface area contributed by atoms with E-state index < -0.39 is 10.0 Å². The Labute approximate surface area is 187 Å². The van der Waals surface area contributed by atoms with E-state index in [4.69, 9.17) is 27.9 Å². The number of sulfonamides is 1. The first-order valence-corrected chi connectivity index (χ1v) is 12.0. The minimum absolute atomic E-state index is 0.189. The number of benzene rings is 2. The predicted molar refractivity (Wildman–Crippen MR) is 122 cm³/mol. The number of allylic oxidation sites excluding steroid dienone is 1. The first kappa shape index (κ1) is 21.2. The zero-order valence-corrected chi connectivity index (χ0v) is 19.1. The molecule has 0 N–H and O–H groups in total. The third-order valence-corrected chi connectivity index (χ3v) is 7.99. The second-order valence-electron chi connectivity index (χ2n) is 7.43. The van der Waals surface area contributed by atoms with Crippen LogP contribution in [-0.2, 0) is 16.6 Å². The van der Waals surface area contributed by atoms with Gasteiger partial charge in [-0.3, -0.25) is 4.31 Å². The van der Waals surface area contributed by atoms with Gasteiger partial charge in [-0.1, -0.05) is 29.3 Å². The van der Waals surface area contributed by atoms with Crippen LogP contribution in [0.5, 0.6) is 5.75 Å². The van der Waals surface area contributed by atoms with Crippen LogP contribution in [0.25, 0.3) is 0 Å². The van der Waals surface area contributed by atoms with E-state index in [1.165, 1.54) is 4.31 Å². The number of nitrogens with zero attached hydrogens (tertiary/aromatic N) is 3. The first-order chi connectivity index (χ1) is 14.3. The standard InChI is InChI=1S/C21H23Cl2N3O3S/c1-15-12-25(14-24(15)13-16-4-6-18(22)19(23)10-16)20-7-5-17(11-21(20)29-2)26-8-3-9-30(26,27)28/h4-7,10-12H,3,8-9,13-14H2,1-2H3. The Balaban J connectivity index is 1.55. The van der Waals surface area contributed by atoms with Crippen LogP contribution in [0.2, 0.25) is 10.0 Å². The summed E-state index contributed by atoms with van der Waals surface area (Å²) < 4.78 is 31.6. The minimum Gasteiger partial charge on any atom is -0.494 e. The normalized spacial score (nSPS) is 18.1. The van der Waals surface area contributed by atoms with Crippen molar-refractivity contribution >= 4 is 44.6 Å². The third kappa shape index (κ3) is 4.06. The average Bonchev–Trinajstić information content (AvgIpc) is 3.25. The maximum atomic E-state index is 12.2. The van der Waals surface area contributed by atoms with Gasteiger partial charge in [-0.25, -0.2) is 8.42 Å². The van der Waals surface area contributed by atoms with E-state index in [2.05, 4.69) is 22.9 Å². The van der Waals surface area contributed by atoms with Crippen molar-refractivity contribution in [1.82, 2.24) is 4.90 Å². The Bertz CT molecular complexity index is 1100. The van der Waals surface area contributed by atoms with Crippen LogP contribution in [0.15, 0.2) is 48.3 Å². The molecule has 0 aliphatic carbocycles. The summed E-state index contributed by atoms with van der Waals surface area (Å²) in [5.41, 5.74) is 3.70. The zero-order valence-electron chi connectivity index (χ0n) is 16.8. The van der Waals surface area contributed by atoms with Crippen LogP contribution in [0, 0.1) is 0 Å². The number of ether oxygens (including phenoxy) is 1. The fraction of sp³-hybridized carbons (Fsp3) is 0.333. The lowest BCUT2D eigenvalue weighted by Crippen LogP contribution is -2.27. The van der Waals surface area contributed by atoms with Crippen LogP contribution in [0.4, 0.5) is 11.4 Å². The molecule has 0 amide bonds. The van der Waals surface area contributed by atoms with Crippen molar-refractivity contribution in [3.63, 3.8) is 0 Å². The lowest BCUT2D eigenvalue weighted by molar-refractivity contribution is 0.367. The van der Waals surface area contributed by atoms with Gasteiger partial charge in [0.25, 0.3) is 0 Å². The Morgan fingerprint density at radius 1 is 1.10 bits per heavy atom. The van der Waals surface area contributed by atoms with Gasteiger partial charge in [0.2, 0.25) is 10.0 Å². The van der Waals surface area contributed by atoms with E-state index in [-0.39, 0.29) is 5.75 Å². The number of rotatable bonds is 5. The quantitative estimate of drug-likeness (QED) is 0.638. The molecule has 2 aromatic carbocycles. The molecule has 0 unspecified atom stereocenters.